The van der Waals surface area contributed by atoms with Crippen LogP contribution in [-0.4, -0.2) is 27.0 Å². The van der Waals surface area contributed by atoms with Crippen molar-refractivity contribution >= 4 is 11.9 Å². The topological polar surface area (TPSA) is 88.3 Å². The Morgan fingerprint density at radius 3 is 2.21 bits per heavy atom. The number of hydrogen-bond donors (Lipinski definition) is 1. The van der Waals surface area contributed by atoms with Gasteiger partial charge in [-0.3, -0.25) is 9.69 Å². The van der Waals surface area contributed by atoms with Gasteiger partial charge in [0.15, 0.2) is 0 Å². The van der Waals surface area contributed by atoms with Crippen LogP contribution in [0.5, 0.6) is 0 Å². The zero-order valence-corrected chi connectivity index (χ0v) is 15.9. The predicted octanol–water partition coefficient (Wildman–Crippen LogP) is 3.32. The normalized spacial score (nSPS) is 19.2. The van der Waals surface area contributed by atoms with Crippen LogP contribution in [-0.2, 0) is 16.9 Å². The minimum Gasteiger partial charge on any atom is -0.419 e. The standard InChI is InChI=1S/C21H20N4O3/c1-13-4-8-15(9-5-13)18-24-23-17(28-18)12-25-19(26)21(3,22-20(25)27)16-10-6-14(2)7-11-16/h4-11H,12H2,1-3H3,(H,22,27)/t21-/m0/s1. The summed E-state index contributed by atoms with van der Waals surface area (Å²) in [5.74, 6) is 0.201. The Morgan fingerprint density at radius 1 is 0.964 bits per heavy atom. The minimum atomic E-state index is -1.12. The Kier molecular flexibility index (Phi) is 4.22. The maximum atomic E-state index is 13.0. The highest BCUT2D eigenvalue weighted by Crippen LogP contribution is 2.30. The fraction of sp³-hybridized carbons (Fsp3) is 0.238. The fourth-order valence-corrected chi connectivity index (χ4v) is 3.19. The number of imide groups is 1. The van der Waals surface area contributed by atoms with Gasteiger partial charge in [-0.15, -0.1) is 10.2 Å². The van der Waals surface area contributed by atoms with Crippen molar-refractivity contribution in [2.75, 3.05) is 0 Å². The van der Waals surface area contributed by atoms with Crippen LogP contribution in [0.15, 0.2) is 52.9 Å². The van der Waals surface area contributed by atoms with E-state index in [1.807, 2.05) is 62.4 Å². The third-order valence-electron chi connectivity index (χ3n) is 4.96. The lowest BCUT2D eigenvalue weighted by Gasteiger charge is -2.22. The predicted molar refractivity (Wildman–Crippen MR) is 102 cm³/mol. The van der Waals surface area contributed by atoms with E-state index < -0.39 is 11.6 Å². The van der Waals surface area contributed by atoms with Gasteiger partial charge in [0.25, 0.3) is 5.91 Å². The number of hydrogen-bond acceptors (Lipinski definition) is 5. The maximum Gasteiger partial charge on any atom is 0.325 e. The molecule has 1 aliphatic rings. The van der Waals surface area contributed by atoms with Crippen molar-refractivity contribution in [3.8, 4) is 11.5 Å². The highest BCUT2D eigenvalue weighted by molar-refractivity contribution is 6.07. The zero-order chi connectivity index (χ0) is 19.9. The smallest absolute Gasteiger partial charge is 0.325 e. The van der Waals surface area contributed by atoms with Crippen LogP contribution >= 0.6 is 0 Å². The molecule has 7 nitrogen and oxygen atoms in total. The molecule has 3 aromatic rings. The van der Waals surface area contributed by atoms with Crippen molar-refractivity contribution in [2.45, 2.75) is 32.9 Å². The van der Waals surface area contributed by atoms with Crippen LogP contribution in [0, 0.1) is 13.8 Å². The lowest BCUT2D eigenvalue weighted by molar-refractivity contribution is -0.131. The third-order valence-corrected chi connectivity index (χ3v) is 4.96. The van der Waals surface area contributed by atoms with Gasteiger partial charge in [0.2, 0.25) is 11.8 Å². The highest BCUT2D eigenvalue weighted by Gasteiger charge is 2.49. The van der Waals surface area contributed by atoms with Crippen LogP contribution < -0.4 is 5.32 Å². The summed E-state index contributed by atoms with van der Waals surface area (Å²) in [6.45, 7) is 5.58. The van der Waals surface area contributed by atoms with E-state index in [0.29, 0.717) is 5.89 Å². The summed E-state index contributed by atoms with van der Waals surface area (Å²) in [6, 6.07) is 14.7. The number of benzene rings is 2. The molecule has 1 aliphatic heterocycles. The molecule has 0 unspecified atom stereocenters. The highest BCUT2D eigenvalue weighted by atomic mass is 16.4. The van der Waals surface area contributed by atoms with Gasteiger partial charge >= 0.3 is 6.03 Å². The molecule has 1 fully saturated rings. The summed E-state index contributed by atoms with van der Waals surface area (Å²) in [5.41, 5.74) is 2.59. The van der Waals surface area contributed by atoms with E-state index in [1.54, 1.807) is 6.92 Å². The van der Waals surface area contributed by atoms with Gasteiger partial charge in [0.1, 0.15) is 12.1 Å². The number of aryl methyl sites for hydroxylation is 2. The number of nitrogens with zero attached hydrogens (tertiary/aromatic N) is 3. The van der Waals surface area contributed by atoms with Crippen molar-refractivity contribution in [3.05, 3.63) is 71.1 Å². The first-order valence-electron chi connectivity index (χ1n) is 8.97. The lowest BCUT2D eigenvalue weighted by Crippen LogP contribution is -2.40. The molecule has 4 rings (SSSR count). The maximum absolute atomic E-state index is 13.0. The van der Waals surface area contributed by atoms with Gasteiger partial charge < -0.3 is 9.73 Å². The number of aromatic nitrogens is 2. The zero-order valence-electron chi connectivity index (χ0n) is 15.9. The summed E-state index contributed by atoms with van der Waals surface area (Å²) in [5, 5.41) is 10.8. The number of nitrogens with one attached hydrogen (secondary N) is 1. The summed E-state index contributed by atoms with van der Waals surface area (Å²) < 4.78 is 5.66. The van der Waals surface area contributed by atoms with E-state index in [1.165, 1.54) is 0 Å². The van der Waals surface area contributed by atoms with Gasteiger partial charge in [-0.2, -0.15) is 0 Å². The van der Waals surface area contributed by atoms with E-state index in [-0.39, 0.29) is 18.3 Å². The van der Waals surface area contributed by atoms with Crippen LogP contribution in [0.25, 0.3) is 11.5 Å². The van der Waals surface area contributed by atoms with E-state index in [0.717, 1.165) is 27.2 Å². The first-order valence-corrected chi connectivity index (χ1v) is 8.97. The van der Waals surface area contributed by atoms with Crippen molar-refractivity contribution < 1.29 is 14.0 Å². The molecule has 3 amide bonds. The SMILES string of the molecule is Cc1ccc(-c2nnc(CN3C(=O)N[C@@](C)(c4ccc(C)cc4)C3=O)o2)cc1. The van der Waals surface area contributed by atoms with Crippen molar-refractivity contribution in [2.24, 2.45) is 0 Å². The number of urea groups is 1. The van der Waals surface area contributed by atoms with E-state index in [4.69, 9.17) is 4.42 Å². The molecule has 1 aromatic heterocycles. The summed E-state index contributed by atoms with van der Waals surface area (Å²) >= 11 is 0. The van der Waals surface area contributed by atoms with Gasteiger partial charge in [0.05, 0.1) is 0 Å². The van der Waals surface area contributed by atoms with E-state index in [2.05, 4.69) is 15.5 Å². The average Bonchev–Trinajstić information content (AvgIpc) is 3.22. The number of carbonyl (C=O) groups is 2. The molecule has 0 aliphatic carbocycles. The second-order valence-electron chi connectivity index (χ2n) is 7.18. The largest absolute Gasteiger partial charge is 0.419 e. The number of amides is 3. The fourth-order valence-electron chi connectivity index (χ4n) is 3.19. The van der Waals surface area contributed by atoms with Crippen molar-refractivity contribution in [1.29, 1.82) is 0 Å². The Bertz CT molecular complexity index is 1040. The van der Waals surface area contributed by atoms with Crippen molar-refractivity contribution in [3.63, 3.8) is 0 Å². The number of carbonyl (C=O) groups excluding carboxylic acids is 2. The molecular formula is C21H20N4O3. The van der Waals surface area contributed by atoms with E-state index in [9.17, 15) is 9.59 Å². The molecule has 142 valence electrons. The lowest BCUT2D eigenvalue weighted by atomic mass is 9.91. The van der Waals surface area contributed by atoms with Gasteiger partial charge in [-0.1, -0.05) is 47.5 Å². The van der Waals surface area contributed by atoms with E-state index >= 15 is 0 Å². The third kappa shape index (κ3) is 3.05. The molecule has 1 saturated heterocycles. The summed E-state index contributed by atoms with van der Waals surface area (Å²) in [4.78, 5) is 26.6. The minimum absolute atomic E-state index is 0.0784. The molecule has 2 heterocycles. The molecule has 0 bridgehead atoms. The molecular weight excluding hydrogens is 356 g/mol. The summed E-state index contributed by atoms with van der Waals surface area (Å²) in [7, 11) is 0. The van der Waals surface area contributed by atoms with Crippen LogP contribution in [0.3, 0.4) is 0 Å². The first-order chi connectivity index (χ1) is 13.4. The molecule has 1 N–H and O–H groups in total. The van der Waals surface area contributed by atoms with Crippen LogP contribution in [0.4, 0.5) is 4.79 Å². The molecule has 2 aromatic carbocycles. The van der Waals surface area contributed by atoms with Crippen LogP contribution in [0.1, 0.15) is 29.5 Å². The Morgan fingerprint density at radius 2 is 1.57 bits per heavy atom. The Hall–Kier alpha value is -3.48. The monoisotopic (exact) mass is 376 g/mol. The average molecular weight is 376 g/mol. The molecule has 7 heteroatoms. The second kappa shape index (κ2) is 6.60. The Balaban J connectivity index is 1.55. The van der Waals surface area contributed by atoms with Crippen molar-refractivity contribution in [1.82, 2.24) is 20.4 Å². The quantitative estimate of drug-likeness (QED) is 0.706. The van der Waals surface area contributed by atoms with Gasteiger partial charge in [-0.05, 0) is 38.5 Å². The molecule has 28 heavy (non-hydrogen) atoms. The summed E-state index contributed by atoms with van der Waals surface area (Å²) in [6.07, 6.45) is 0. The Labute approximate surface area is 162 Å². The first kappa shape index (κ1) is 17.9. The number of rotatable bonds is 4. The van der Waals surface area contributed by atoms with Gasteiger partial charge in [-0.25, -0.2) is 4.79 Å². The van der Waals surface area contributed by atoms with Crippen LogP contribution in [0.2, 0.25) is 0 Å². The molecule has 0 saturated carbocycles. The molecule has 0 radical (unpaired) electrons. The molecule has 0 spiro atoms. The second-order valence-corrected chi connectivity index (χ2v) is 7.18. The molecule has 1 atom stereocenters. The van der Waals surface area contributed by atoms with Gasteiger partial charge in [0, 0.05) is 5.56 Å².